The van der Waals surface area contributed by atoms with E-state index in [-0.39, 0.29) is 6.04 Å². The van der Waals surface area contributed by atoms with E-state index in [2.05, 4.69) is 20.9 Å². The quantitative estimate of drug-likeness (QED) is 0.780. The summed E-state index contributed by atoms with van der Waals surface area (Å²) in [5, 5.41) is 10.8. The molecule has 1 fully saturated rings. The number of fused-ring (bicyclic) bond motifs is 1. The Morgan fingerprint density at radius 2 is 1.92 bits per heavy atom. The van der Waals surface area contributed by atoms with Crippen LogP contribution in [-0.2, 0) is 4.79 Å². The zero-order valence-corrected chi connectivity index (χ0v) is 14.5. The highest BCUT2D eigenvalue weighted by Crippen LogP contribution is 2.34. The number of aliphatic carboxylic acids is 1. The van der Waals surface area contributed by atoms with Crippen LogP contribution in [0.15, 0.2) is 61.1 Å². The number of piperidine rings is 1. The predicted molar refractivity (Wildman–Crippen MR) is 99.8 cm³/mol. The molecular formula is C21H21N3O2. The van der Waals surface area contributed by atoms with E-state index in [0.717, 1.165) is 41.4 Å². The maximum Gasteiger partial charge on any atom is 0.320 e. The minimum Gasteiger partial charge on any atom is -0.480 e. The molecule has 2 aromatic heterocycles. The number of pyridine rings is 2. The molecule has 1 aliphatic rings. The molecule has 1 N–H and O–H groups in total. The van der Waals surface area contributed by atoms with Gasteiger partial charge in [-0.25, -0.2) is 0 Å². The Morgan fingerprint density at radius 3 is 2.73 bits per heavy atom. The van der Waals surface area contributed by atoms with Gasteiger partial charge in [0.25, 0.3) is 0 Å². The fourth-order valence-electron chi connectivity index (χ4n) is 3.89. The standard InChI is InChI=1S/C21H21N3O2/c25-21(26)19-7-3-4-12-24(19)20(15-8-10-22-11-9-15)17-13-16-5-1-2-6-18(16)23-14-17/h1-2,5-6,8-11,13-14,19-20H,3-4,7,12H2,(H,25,26). The Morgan fingerprint density at radius 1 is 1.12 bits per heavy atom. The van der Waals surface area contributed by atoms with Gasteiger partial charge in [-0.2, -0.15) is 0 Å². The van der Waals surface area contributed by atoms with Crippen molar-refractivity contribution < 1.29 is 9.90 Å². The predicted octanol–water partition coefficient (Wildman–Crippen LogP) is 3.66. The molecule has 3 aromatic rings. The Labute approximate surface area is 152 Å². The average Bonchev–Trinajstić information content (AvgIpc) is 2.69. The molecule has 2 atom stereocenters. The van der Waals surface area contributed by atoms with Crippen molar-refractivity contribution in [1.29, 1.82) is 0 Å². The van der Waals surface area contributed by atoms with Crippen molar-refractivity contribution in [3.63, 3.8) is 0 Å². The highest BCUT2D eigenvalue weighted by Gasteiger charge is 2.35. The summed E-state index contributed by atoms with van der Waals surface area (Å²) in [5.41, 5.74) is 3.01. The number of benzene rings is 1. The lowest BCUT2D eigenvalue weighted by Gasteiger charge is -2.39. The van der Waals surface area contributed by atoms with Gasteiger partial charge in [-0.05, 0) is 54.8 Å². The number of likely N-dealkylation sites (tertiary alicyclic amines) is 1. The molecule has 1 aliphatic heterocycles. The molecule has 1 aromatic carbocycles. The maximum atomic E-state index is 11.9. The molecule has 0 aliphatic carbocycles. The topological polar surface area (TPSA) is 66.3 Å². The molecule has 3 heterocycles. The Balaban J connectivity index is 1.83. The number of hydrogen-bond acceptors (Lipinski definition) is 4. The van der Waals surface area contributed by atoms with Gasteiger partial charge >= 0.3 is 5.97 Å². The number of carbonyl (C=O) groups is 1. The normalized spacial score (nSPS) is 19.3. The van der Waals surface area contributed by atoms with Gasteiger partial charge in [0, 0.05) is 24.0 Å². The van der Waals surface area contributed by atoms with Gasteiger partial charge < -0.3 is 5.11 Å². The second-order valence-electron chi connectivity index (χ2n) is 6.73. The molecule has 1 saturated heterocycles. The second kappa shape index (κ2) is 7.22. The van der Waals surface area contributed by atoms with Crippen LogP contribution in [0.5, 0.6) is 0 Å². The first-order valence-corrected chi connectivity index (χ1v) is 8.97. The van der Waals surface area contributed by atoms with E-state index in [0.29, 0.717) is 6.42 Å². The van der Waals surface area contributed by atoms with Crippen LogP contribution in [-0.4, -0.2) is 38.5 Å². The Kier molecular flexibility index (Phi) is 4.63. The molecule has 2 unspecified atom stereocenters. The monoisotopic (exact) mass is 347 g/mol. The number of carboxylic acids is 1. The molecule has 4 rings (SSSR count). The van der Waals surface area contributed by atoms with E-state index < -0.39 is 12.0 Å². The van der Waals surface area contributed by atoms with Crippen LogP contribution in [0.4, 0.5) is 0 Å². The molecular weight excluding hydrogens is 326 g/mol. The summed E-state index contributed by atoms with van der Waals surface area (Å²) < 4.78 is 0. The molecule has 5 nitrogen and oxygen atoms in total. The van der Waals surface area contributed by atoms with Crippen molar-refractivity contribution in [2.24, 2.45) is 0 Å². The van der Waals surface area contributed by atoms with E-state index >= 15 is 0 Å². The third kappa shape index (κ3) is 3.18. The van der Waals surface area contributed by atoms with Crippen molar-refractivity contribution >= 4 is 16.9 Å². The molecule has 0 amide bonds. The molecule has 26 heavy (non-hydrogen) atoms. The number of carboxylic acid groups (broad SMARTS) is 1. The maximum absolute atomic E-state index is 11.9. The largest absolute Gasteiger partial charge is 0.480 e. The molecule has 0 spiro atoms. The summed E-state index contributed by atoms with van der Waals surface area (Å²) in [7, 11) is 0. The molecule has 5 heteroatoms. The highest BCUT2D eigenvalue weighted by molar-refractivity contribution is 5.79. The summed E-state index contributed by atoms with van der Waals surface area (Å²) in [5.74, 6) is -0.752. The number of rotatable bonds is 4. The summed E-state index contributed by atoms with van der Waals surface area (Å²) >= 11 is 0. The number of nitrogens with zero attached hydrogens (tertiary/aromatic N) is 3. The van der Waals surface area contributed by atoms with Crippen molar-refractivity contribution in [2.75, 3.05) is 6.54 Å². The lowest BCUT2D eigenvalue weighted by Crippen LogP contribution is -2.46. The van der Waals surface area contributed by atoms with Gasteiger partial charge in [-0.1, -0.05) is 24.6 Å². The van der Waals surface area contributed by atoms with Crippen LogP contribution < -0.4 is 0 Å². The van der Waals surface area contributed by atoms with E-state index in [4.69, 9.17) is 0 Å². The highest BCUT2D eigenvalue weighted by atomic mass is 16.4. The van der Waals surface area contributed by atoms with Gasteiger partial charge in [-0.3, -0.25) is 19.7 Å². The SMILES string of the molecule is O=C(O)C1CCCCN1C(c1ccncc1)c1cnc2ccccc2c1. The zero-order chi connectivity index (χ0) is 17.9. The van der Waals surface area contributed by atoms with Crippen LogP contribution in [0.3, 0.4) is 0 Å². The van der Waals surface area contributed by atoms with Gasteiger partial charge in [0.2, 0.25) is 0 Å². The summed E-state index contributed by atoms with van der Waals surface area (Å²) in [4.78, 5) is 22.7. The minimum absolute atomic E-state index is 0.142. The van der Waals surface area contributed by atoms with E-state index in [1.165, 1.54) is 0 Å². The number of hydrogen-bond donors (Lipinski definition) is 1. The van der Waals surface area contributed by atoms with Crippen molar-refractivity contribution in [3.8, 4) is 0 Å². The van der Waals surface area contributed by atoms with Crippen molar-refractivity contribution in [1.82, 2.24) is 14.9 Å². The van der Waals surface area contributed by atoms with Crippen molar-refractivity contribution in [3.05, 3.63) is 72.2 Å². The molecule has 0 radical (unpaired) electrons. The minimum atomic E-state index is -0.752. The Bertz CT molecular complexity index is 913. The van der Waals surface area contributed by atoms with Crippen LogP contribution in [0, 0.1) is 0 Å². The lowest BCUT2D eigenvalue weighted by atomic mass is 9.92. The first kappa shape index (κ1) is 16.7. The van der Waals surface area contributed by atoms with Gasteiger partial charge in [0.05, 0.1) is 11.6 Å². The van der Waals surface area contributed by atoms with Crippen LogP contribution in [0.1, 0.15) is 36.4 Å². The van der Waals surface area contributed by atoms with Crippen LogP contribution in [0.2, 0.25) is 0 Å². The molecule has 0 bridgehead atoms. The van der Waals surface area contributed by atoms with Crippen molar-refractivity contribution in [2.45, 2.75) is 31.3 Å². The van der Waals surface area contributed by atoms with Gasteiger partial charge in [0.15, 0.2) is 0 Å². The Hall–Kier alpha value is -2.79. The fourth-order valence-corrected chi connectivity index (χ4v) is 3.89. The number of aromatic nitrogens is 2. The second-order valence-corrected chi connectivity index (χ2v) is 6.73. The van der Waals surface area contributed by atoms with Crippen LogP contribution in [0.25, 0.3) is 10.9 Å². The third-order valence-corrected chi connectivity index (χ3v) is 5.11. The first-order chi connectivity index (χ1) is 12.7. The zero-order valence-electron chi connectivity index (χ0n) is 14.5. The molecule has 0 saturated carbocycles. The smallest absolute Gasteiger partial charge is 0.320 e. The molecule has 132 valence electrons. The number of para-hydroxylation sites is 1. The average molecular weight is 347 g/mol. The summed E-state index contributed by atoms with van der Waals surface area (Å²) in [6, 6.07) is 13.4. The fraction of sp³-hybridized carbons (Fsp3) is 0.286. The van der Waals surface area contributed by atoms with E-state index in [1.54, 1.807) is 12.4 Å². The third-order valence-electron chi connectivity index (χ3n) is 5.11. The first-order valence-electron chi connectivity index (χ1n) is 8.97. The summed E-state index contributed by atoms with van der Waals surface area (Å²) in [6.45, 7) is 0.761. The van der Waals surface area contributed by atoms with E-state index in [9.17, 15) is 9.90 Å². The van der Waals surface area contributed by atoms with Gasteiger partial charge in [0.1, 0.15) is 6.04 Å². The van der Waals surface area contributed by atoms with Gasteiger partial charge in [-0.15, -0.1) is 0 Å². The van der Waals surface area contributed by atoms with E-state index in [1.807, 2.05) is 42.6 Å². The lowest BCUT2D eigenvalue weighted by molar-refractivity contribution is -0.145. The summed E-state index contributed by atoms with van der Waals surface area (Å²) in [6.07, 6.45) is 8.03. The van der Waals surface area contributed by atoms with Crippen LogP contribution >= 0.6 is 0 Å².